The molecule has 0 bridgehead atoms. The van der Waals surface area contributed by atoms with E-state index in [1.807, 2.05) is 36.4 Å². The van der Waals surface area contributed by atoms with E-state index >= 15 is 0 Å². The fourth-order valence-corrected chi connectivity index (χ4v) is 3.17. The molecule has 2 aromatic carbocycles. The Balaban J connectivity index is 1.36. The van der Waals surface area contributed by atoms with E-state index in [0.717, 1.165) is 34.7 Å². The molecule has 0 spiro atoms. The summed E-state index contributed by atoms with van der Waals surface area (Å²) < 4.78 is 16.3. The molecule has 25 heavy (non-hydrogen) atoms. The molecule has 0 saturated carbocycles. The maximum Gasteiger partial charge on any atom is 0.319 e. The van der Waals surface area contributed by atoms with Gasteiger partial charge in [0, 0.05) is 11.8 Å². The smallest absolute Gasteiger partial charge is 0.319 e. The first-order valence-electron chi connectivity index (χ1n) is 8.28. The summed E-state index contributed by atoms with van der Waals surface area (Å²) in [6.07, 6.45) is 0.727. The van der Waals surface area contributed by atoms with Gasteiger partial charge in [0.25, 0.3) is 0 Å². The number of anilines is 1. The number of nitrogens with one attached hydrogen (secondary N) is 2. The van der Waals surface area contributed by atoms with Crippen LogP contribution in [0.5, 0.6) is 11.5 Å². The Hall–Kier alpha value is -2.73. The van der Waals surface area contributed by atoms with Gasteiger partial charge in [-0.1, -0.05) is 12.1 Å². The molecule has 0 fully saturated rings. The van der Waals surface area contributed by atoms with Gasteiger partial charge in [0.1, 0.15) is 18.1 Å². The topological polar surface area (TPSA) is 68.8 Å². The van der Waals surface area contributed by atoms with E-state index in [2.05, 4.69) is 10.6 Å². The standard InChI is InChI=1S/C19H20N2O4/c1-23-17-5-3-12-6-16(11-25-18(12)8-17)21-19(22)20-15-4-2-13-9-24-10-14(13)7-15/h2-5,7-8,16H,6,9-11H2,1H3,(H2,20,21,22)/t16-/m0/s1. The third-order valence-electron chi connectivity index (χ3n) is 4.50. The van der Waals surface area contributed by atoms with Gasteiger partial charge in [0.15, 0.2) is 0 Å². The molecule has 2 heterocycles. The average Bonchev–Trinajstić information content (AvgIpc) is 3.09. The van der Waals surface area contributed by atoms with Gasteiger partial charge in [-0.2, -0.15) is 0 Å². The van der Waals surface area contributed by atoms with Gasteiger partial charge < -0.3 is 24.8 Å². The summed E-state index contributed by atoms with van der Waals surface area (Å²) in [5, 5.41) is 5.85. The monoisotopic (exact) mass is 340 g/mol. The number of ether oxygens (including phenoxy) is 3. The highest BCUT2D eigenvalue weighted by Crippen LogP contribution is 2.29. The molecule has 0 aromatic heterocycles. The van der Waals surface area contributed by atoms with Crippen molar-refractivity contribution in [3.63, 3.8) is 0 Å². The second kappa shape index (κ2) is 6.64. The Morgan fingerprint density at radius 1 is 1.12 bits per heavy atom. The van der Waals surface area contributed by atoms with Crippen LogP contribution in [0.3, 0.4) is 0 Å². The van der Waals surface area contributed by atoms with Crippen molar-refractivity contribution in [2.24, 2.45) is 0 Å². The Bertz CT molecular complexity index is 806. The number of hydrogen-bond acceptors (Lipinski definition) is 4. The van der Waals surface area contributed by atoms with Crippen molar-refractivity contribution in [3.05, 3.63) is 53.1 Å². The molecule has 0 radical (unpaired) electrons. The molecule has 2 aromatic rings. The fourth-order valence-electron chi connectivity index (χ4n) is 3.17. The fraction of sp³-hybridized carbons (Fsp3) is 0.316. The lowest BCUT2D eigenvalue weighted by atomic mass is 10.0. The first kappa shape index (κ1) is 15.8. The predicted molar refractivity (Wildman–Crippen MR) is 93.1 cm³/mol. The number of hydrogen-bond donors (Lipinski definition) is 2. The Kier molecular flexibility index (Phi) is 4.19. The number of rotatable bonds is 3. The summed E-state index contributed by atoms with van der Waals surface area (Å²) in [7, 11) is 1.63. The van der Waals surface area contributed by atoms with E-state index in [9.17, 15) is 4.79 Å². The van der Waals surface area contributed by atoms with E-state index in [1.54, 1.807) is 7.11 Å². The summed E-state index contributed by atoms with van der Waals surface area (Å²) in [5.74, 6) is 1.58. The van der Waals surface area contributed by atoms with Crippen LogP contribution < -0.4 is 20.1 Å². The minimum Gasteiger partial charge on any atom is -0.497 e. The Labute approximate surface area is 146 Å². The summed E-state index contributed by atoms with van der Waals surface area (Å²) in [4.78, 5) is 12.3. The number of urea groups is 1. The molecule has 2 aliphatic rings. The lowest BCUT2D eigenvalue weighted by molar-refractivity contribution is 0.134. The van der Waals surface area contributed by atoms with Crippen molar-refractivity contribution in [2.75, 3.05) is 19.0 Å². The largest absolute Gasteiger partial charge is 0.497 e. The number of benzene rings is 2. The highest BCUT2D eigenvalue weighted by molar-refractivity contribution is 5.89. The van der Waals surface area contributed by atoms with Gasteiger partial charge in [-0.25, -0.2) is 4.79 Å². The van der Waals surface area contributed by atoms with E-state index < -0.39 is 0 Å². The molecule has 2 N–H and O–H groups in total. The first-order valence-corrected chi connectivity index (χ1v) is 8.28. The molecule has 6 nitrogen and oxygen atoms in total. The second-order valence-corrected chi connectivity index (χ2v) is 6.26. The average molecular weight is 340 g/mol. The lowest BCUT2D eigenvalue weighted by Gasteiger charge is -2.26. The Morgan fingerprint density at radius 3 is 2.84 bits per heavy atom. The quantitative estimate of drug-likeness (QED) is 0.901. The minimum absolute atomic E-state index is 0.0707. The first-order chi connectivity index (χ1) is 12.2. The van der Waals surface area contributed by atoms with Gasteiger partial charge >= 0.3 is 6.03 Å². The number of fused-ring (bicyclic) bond motifs is 2. The SMILES string of the molecule is COc1ccc2c(c1)OC[C@@H](NC(=O)Nc1ccc3c(c1)COC3)C2. The molecule has 0 unspecified atom stereocenters. The zero-order chi connectivity index (χ0) is 17.2. The summed E-state index contributed by atoms with van der Waals surface area (Å²) in [6.45, 7) is 1.68. The minimum atomic E-state index is -0.232. The number of carbonyl (C=O) groups excluding carboxylic acids is 1. The van der Waals surface area contributed by atoms with Crippen molar-refractivity contribution < 1.29 is 19.0 Å². The van der Waals surface area contributed by atoms with Gasteiger partial charge in [-0.3, -0.25) is 0 Å². The Morgan fingerprint density at radius 2 is 1.96 bits per heavy atom. The highest BCUT2D eigenvalue weighted by Gasteiger charge is 2.22. The van der Waals surface area contributed by atoms with Crippen molar-refractivity contribution in [3.8, 4) is 11.5 Å². The van der Waals surface area contributed by atoms with Crippen molar-refractivity contribution in [1.29, 1.82) is 0 Å². The molecular weight excluding hydrogens is 320 g/mol. The molecule has 0 saturated heterocycles. The molecule has 1 atom stereocenters. The molecule has 2 amide bonds. The van der Waals surface area contributed by atoms with Gasteiger partial charge in [0.05, 0.1) is 26.4 Å². The van der Waals surface area contributed by atoms with Crippen LogP contribution in [0, 0.1) is 0 Å². The van der Waals surface area contributed by atoms with Crippen LogP contribution in [0.15, 0.2) is 36.4 Å². The number of amides is 2. The molecule has 6 heteroatoms. The summed E-state index contributed by atoms with van der Waals surface area (Å²) in [5.41, 5.74) is 4.14. The highest BCUT2D eigenvalue weighted by atomic mass is 16.5. The molecule has 130 valence electrons. The maximum atomic E-state index is 12.3. The normalized spacial score (nSPS) is 17.9. The zero-order valence-corrected chi connectivity index (χ0v) is 14.0. The maximum absolute atomic E-state index is 12.3. The van der Waals surface area contributed by atoms with Gasteiger partial charge in [0.2, 0.25) is 0 Å². The molecular formula is C19H20N2O4. The van der Waals surface area contributed by atoms with Crippen LogP contribution in [-0.2, 0) is 24.4 Å². The van der Waals surface area contributed by atoms with Crippen molar-refractivity contribution >= 4 is 11.7 Å². The van der Waals surface area contributed by atoms with Crippen molar-refractivity contribution in [1.82, 2.24) is 5.32 Å². The van der Waals surface area contributed by atoms with Crippen LogP contribution in [0.4, 0.5) is 10.5 Å². The summed E-state index contributed by atoms with van der Waals surface area (Å²) in [6, 6.07) is 11.3. The van der Waals surface area contributed by atoms with E-state index in [1.165, 1.54) is 5.56 Å². The van der Waals surface area contributed by atoms with E-state index in [4.69, 9.17) is 14.2 Å². The third kappa shape index (κ3) is 3.39. The predicted octanol–water partition coefficient (Wildman–Crippen LogP) is 2.85. The molecule has 2 aliphatic heterocycles. The molecule has 4 rings (SSSR count). The van der Waals surface area contributed by atoms with E-state index in [0.29, 0.717) is 19.8 Å². The second-order valence-electron chi connectivity index (χ2n) is 6.26. The summed E-state index contributed by atoms with van der Waals surface area (Å²) >= 11 is 0. The van der Waals surface area contributed by atoms with Crippen LogP contribution in [0.1, 0.15) is 16.7 Å². The third-order valence-corrected chi connectivity index (χ3v) is 4.50. The van der Waals surface area contributed by atoms with Crippen LogP contribution in [0.2, 0.25) is 0 Å². The van der Waals surface area contributed by atoms with Gasteiger partial charge in [-0.15, -0.1) is 0 Å². The van der Waals surface area contributed by atoms with Crippen LogP contribution >= 0.6 is 0 Å². The van der Waals surface area contributed by atoms with Crippen molar-refractivity contribution in [2.45, 2.75) is 25.7 Å². The number of carbonyl (C=O) groups is 1. The lowest BCUT2D eigenvalue weighted by Crippen LogP contribution is -2.44. The zero-order valence-electron chi connectivity index (χ0n) is 14.0. The molecule has 0 aliphatic carbocycles. The van der Waals surface area contributed by atoms with E-state index in [-0.39, 0.29) is 12.1 Å². The van der Waals surface area contributed by atoms with Crippen LogP contribution in [-0.4, -0.2) is 25.8 Å². The van der Waals surface area contributed by atoms with Gasteiger partial charge in [-0.05, 0) is 41.3 Å². The van der Waals surface area contributed by atoms with Crippen LogP contribution in [0.25, 0.3) is 0 Å². The number of methoxy groups -OCH3 is 1.